The summed E-state index contributed by atoms with van der Waals surface area (Å²) >= 11 is 0. The normalized spacial score (nSPS) is 13.1. The summed E-state index contributed by atoms with van der Waals surface area (Å²) in [6.45, 7) is 6.37. The molecule has 0 amide bonds. The van der Waals surface area contributed by atoms with E-state index < -0.39 is 0 Å². The van der Waals surface area contributed by atoms with Crippen LogP contribution < -0.4 is 5.32 Å². The molecule has 0 aliphatic carbocycles. The molecular formula is C10H19N3. The third-order valence-electron chi connectivity index (χ3n) is 2.10. The molecule has 1 unspecified atom stereocenters. The van der Waals surface area contributed by atoms with Crippen molar-refractivity contribution in [2.45, 2.75) is 39.3 Å². The predicted molar refractivity (Wildman–Crippen MR) is 54.6 cm³/mol. The highest BCUT2D eigenvalue weighted by Crippen LogP contribution is 1.99. The highest BCUT2D eigenvalue weighted by molar-refractivity contribution is 4.79. The molecule has 0 fully saturated rings. The van der Waals surface area contributed by atoms with Gasteiger partial charge >= 0.3 is 0 Å². The van der Waals surface area contributed by atoms with E-state index in [9.17, 15) is 0 Å². The van der Waals surface area contributed by atoms with Crippen molar-refractivity contribution in [3.63, 3.8) is 0 Å². The number of likely N-dealkylation sites (N-methyl/N-ethyl adjacent to an activating group) is 1. The maximum atomic E-state index is 4.20. The van der Waals surface area contributed by atoms with Crippen molar-refractivity contribution in [1.29, 1.82) is 0 Å². The van der Waals surface area contributed by atoms with Crippen LogP contribution in [0.15, 0.2) is 18.5 Å². The highest BCUT2D eigenvalue weighted by atomic mass is 15.3. The van der Waals surface area contributed by atoms with Gasteiger partial charge in [0.25, 0.3) is 0 Å². The van der Waals surface area contributed by atoms with Gasteiger partial charge in [0, 0.05) is 18.4 Å². The Balaban J connectivity index is 2.37. The topological polar surface area (TPSA) is 29.9 Å². The molecule has 1 rings (SSSR count). The summed E-state index contributed by atoms with van der Waals surface area (Å²) in [7, 11) is 0. The number of rotatable bonds is 6. The van der Waals surface area contributed by atoms with E-state index in [1.165, 1.54) is 12.8 Å². The molecule has 1 atom stereocenters. The molecule has 13 heavy (non-hydrogen) atoms. The smallest absolute Gasteiger partial charge is 0.0562 e. The van der Waals surface area contributed by atoms with E-state index >= 15 is 0 Å². The zero-order valence-corrected chi connectivity index (χ0v) is 8.53. The van der Waals surface area contributed by atoms with E-state index in [0.29, 0.717) is 6.04 Å². The number of aromatic nitrogens is 2. The van der Waals surface area contributed by atoms with Gasteiger partial charge in [0.15, 0.2) is 0 Å². The fourth-order valence-corrected chi connectivity index (χ4v) is 1.53. The van der Waals surface area contributed by atoms with Crippen molar-refractivity contribution >= 4 is 0 Å². The Morgan fingerprint density at radius 1 is 1.46 bits per heavy atom. The SMILES string of the molecule is CCCC(Cn1cccn1)NCC. The molecule has 0 aromatic carbocycles. The maximum absolute atomic E-state index is 4.20. The van der Waals surface area contributed by atoms with E-state index in [1.807, 2.05) is 23.1 Å². The Morgan fingerprint density at radius 2 is 2.31 bits per heavy atom. The van der Waals surface area contributed by atoms with Gasteiger partial charge in [-0.25, -0.2) is 0 Å². The second kappa shape index (κ2) is 5.75. The van der Waals surface area contributed by atoms with Crippen LogP contribution in [-0.4, -0.2) is 22.4 Å². The van der Waals surface area contributed by atoms with E-state index in [1.54, 1.807) is 0 Å². The third-order valence-corrected chi connectivity index (χ3v) is 2.10. The summed E-state index contributed by atoms with van der Waals surface area (Å²) in [6, 6.07) is 2.53. The van der Waals surface area contributed by atoms with Crippen LogP contribution >= 0.6 is 0 Å². The van der Waals surface area contributed by atoms with Gasteiger partial charge < -0.3 is 5.32 Å². The molecule has 0 saturated carbocycles. The van der Waals surface area contributed by atoms with Gasteiger partial charge in [0.2, 0.25) is 0 Å². The predicted octanol–water partition coefficient (Wildman–Crippen LogP) is 1.66. The molecular weight excluding hydrogens is 162 g/mol. The van der Waals surface area contributed by atoms with Crippen LogP contribution in [0.3, 0.4) is 0 Å². The minimum atomic E-state index is 0.565. The van der Waals surface area contributed by atoms with Crippen molar-refractivity contribution in [1.82, 2.24) is 15.1 Å². The van der Waals surface area contributed by atoms with Crippen LogP contribution in [-0.2, 0) is 6.54 Å². The van der Waals surface area contributed by atoms with E-state index in [4.69, 9.17) is 0 Å². The van der Waals surface area contributed by atoms with Gasteiger partial charge in [-0.15, -0.1) is 0 Å². The molecule has 3 heteroatoms. The molecule has 0 aliphatic rings. The molecule has 0 saturated heterocycles. The molecule has 1 aromatic heterocycles. The van der Waals surface area contributed by atoms with Crippen LogP contribution in [0.1, 0.15) is 26.7 Å². The average molecular weight is 181 g/mol. The molecule has 0 spiro atoms. The van der Waals surface area contributed by atoms with Gasteiger partial charge in [0.05, 0.1) is 6.54 Å². The van der Waals surface area contributed by atoms with Crippen LogP contribution in [0.25, 0.3) is 0 Å². The number of hydrogen-bond acceptors (Lipinski definition) is 2. The lowest BCUT2D eigenvalue weighted by molar-refractivity contribution is 0.409. The van der Waals surface area contributed by atoms with Crippen molar-refractivity contribution in [2.24, 2.45) is 0 Å². The van der Waals surface area contributed by atoms with Gasteiger partial charge in [-0.05, 0) is 19.0 Å². The number of hydrogen-bond donors (Lipinski definition) is 1. The van der Waals surface area contributed by atoms with Crippen LogP contribution in [0, 0.1) is 0 Å². The highest BCUT2D eigenvalue weighted by Gasteiger charge is 2.05. The van der Waals surface area contributed by atoms with Crippen molar-refractivity contribution < 1.29 is 0 Å². The molecule has 74 valence electrons. The molecule has 0 radical (unpaired) electrons. The monoisotopic (exact) mass is 181 g/mol. The maximum Gasteiger partial charge on any atom is 0.0562 e. The molecule has 0 bridgehead atoms. The number of nitrogens with one attached hydrogen (secondary N) is 1. The summed E-state index contributed by atoms with van der Waals surface area (Å²) in [5.74, 6) is 0. The fourth-order valence-electron chi connectivity index (χ4n) is 1.53. The number of nitrogens with zero attached hydrogens (tertiary/aromatic N) is 2. The van der Waals surface area contributed by atoms with Crippen molar-refractivity contribution in [3.05, 3.63) is 18.5 Å². The summed E-state index contributed by atoms with van der Waals surface area (Å²) < 4.78 is 1.99. The Labute approximate surface area is 80.1 Å². The minimum absolute atomic E-state index is 0.565. The summed E-state index contributed by atoms with van der Waals surface area (Å²) in [5.41, 5.74) is 0. The van der Waals surface area contributed by atoms with Crippen LogP contribution in [0.5, 0.6) is 0 Å². The van der Waals surface area contributed by atoms with Crippen LogP contribution in [0.2, 0.25) is 0 Å². The van der Waals surface area contributed by atoms with Gasteiger partial charge in [-0.2, -0.15) is 5.10 Å². The lowest BCUT2D eigenvalue weighted by Crippen LogP contribution is -2.33. The first-order valence-corrected chi connectivity index (χ1v) is 5.07. The Hall–Kier alpha value is -0.830. The van der Waals surface area contributed by atoms with E-state index in [0.717, 1.165) is 13.1 Å². The van der Waals surface area contributed by atoms with Gasteiger partial charge in [-0.3, -0.25) is 4.68 Å². The van der Waals surface area contributed by atoms with Crippen molar-refractivity contribution in [3.8, 4) is 0 Å². The van der Waals surface area contributed by atoms with E-state index in [2.05, 4.69) is 24.3 Å². The lowest BCUT2D eigenvalue weighted by Gasteiger charge is -2.16. The first-order valence-electron chi connectivity index (χ1n) is 5.07. The molecule has 3 nitrogen and oxygen atoms in total. The van der Waals surface area contributed by atoms with Crippen LogP contribution in [0.4, 0.5) is 0 Å². The molecule has 1 heterocycles. The zero-order chi connectivity index (χ0) is 9.52. The molecule has 0 aliphatic heterocycles. The zero-order valence-electron chi connectivity index (χ0n) is 8.53. The van der Waals surface area contributed by atoms with Gasteiger partial charge in [0.1, 0.15) is 0 Å². The lowest BCUT2D eigenvalue weighted by atomic mass is 10.1. The minimum Gasteiger partial charge on any atom is -0.312 e. The quantitative estimate of drug-likeness (QED) is 0.723. The third kappa shape index (κ3) is 3.59. The van der Waals surface area contributed by atoms with E-state index in [-0.39, 0.29) is 0 Å². The fraction of sp³-hybridized carbons (Fsp3) is 0.700. The first-order chi connectivity index (χ1) is 6.36. The summed E-state index contributed by atoms with van der Waals surface area (Å²) in [4.78, 5) is 0. The van der Waals surface area contributed by atoms with Gasteiger partial charge in [-0.1, -0.05) is 20.3 Å². The summed E-state index contributed by atoms with van der Waals surface area (Å²) in [6.07, 6.45) is 6.28. The summed E-state index contributed by atoms with van der Waals surface area (Å²) in [5, 5.41) is 7.66. The second-order valence-electron chi connectivity index (χ2n) is 3.27. The second-order valence-corrected chi connectivity index (χ2v) is 3.27. The Kier molecular flexibility index (Phi) is 4.54. The Bertz CT molecular complexity index is 200. The Morgan fingerprint density at radius 3 is 2.85 bits per heavy atom. The average Bonchev–Trinajstić information content (AvgIpc) is 2.58. The van der Waals surface area contributed by atoms with Crippen molar-refractivity contribution in [2.75, 3.05) is 6.54 Å². The first kappa shape index (κ1) is 10.3. The largest absolute Gasteiger partial charge is 0.312 e. The standard InChI is InChI=1S/C10H19N3/c1-3-6-10(11-4-2)9-13-8-5-7-12-13/h5,7-8,10-11H,3-4,6,9H2,1-2H3. The molecule has 1 aromatic rings. The molecule has 1 N–H and O–H groups in total.